The first-order valence-corrected chi connectivity index (χ1v) is 10.3. The summed E-state index contributed by atoms with van der Waals surface area (Å²) in [6.07, 6.45) is 2.51. The first-order valence-electron chi connectivity index (χ1n) is 10.3. The van der Waals surface area contributed by atoms with Crippen molar-refractivity contribution in [3.8, 4) is 11.4 Å². The smallest absolute Gasteiger partial charge is 0.253 e. The summed E-state index contributed by atoms with van der Waals surface area (Å²) in [5.41, 5.74) is 3.53. The molecule has 0 aliphatic carbocycles. The lowest BCUT2D eigenvalue weighted by Gasteiger charge is -2.17. The number of benzene rings is 2. The van der Waals surface area contributed by atoms with Crippen LogP contribution in [0.4, 0.5) is 4.39 Å². The van der Waals surface area contributed by atoms with Crippen molar-refractivity contribution in [3.63, 3.8) is 0 Å². The van der Waals surface area contributed by atoms with E-state index in [4.69, 9.17) is 0 Å². The number of aromatic amines is 1. The van der Waals surface area contributed by atoms with Crippen LogP contribution in [0.2, 0.25) is 0 Å². The number of nitrogens with zero attached hydrogens (tertiary/aromatic N) is 3. The van der Waals surface area contributed by atoms with Crippen molar-refractivity contribution in [2.45, 2.75) is 19.0 Å². The van der Waals surface area contributed by atoms with E-state index in [9.17, 15) is 9.18 Å². The molecule has 1 atom stereocenters. The molecular weight excluding hydrogens is 393 g/mol. The number of aromatic nitrogens is 3. The van der Waals surface area contributed by atoms with Crippen molar-refractivity contribution in [2.75, 3.05) is 13.1 Å². The molecule has 1 aliphatic rings. The molecule has 1 fully saturated rings. The van der Waals surface area contributed by atoms with Crippen molar-refractivity contribution in [2.24, 2.45) is 0 Å². The Hall–Kier alpha value is -3.58. The molecule has 0 saturated carbocycles. The van der Waals surface area contributed by atoms with Crippen molar-refractivity contribution < 1.29 is 9.18 Å². The SMILES string of the molecule is O=C(NC1CCN(Cc2ccccc2)C1)c1ccnc2[nH]c(-c3ccc(F)cc3)nc12. The predicted molar refractivity (Wildman–Crippen MR) is 117 cm³/mol. The molecule has 2 N–H and O–H groups in total. The quantitative estimate of drug-likeness (QED) is 0.520. The van der Waals surface area contributed by atoms with Gasteiger partial charge in [-0.3, -0.25) is 9.69 Å². The summed E-state index contributed by atoms with van der Waals surface area (Å²) in [5, 5.41) is 3.15. The molecule has 5 rings (SSSR count). The maximum Gasteiger partial charge on any atom is 0.253 e. The van der Waals surface area contributed by atoms with E-state index < -0.39 is 0 Å². The Labute approximate surface area is 179 Å². The number of fused-ring (bicyclic) bond motifs is 1. The van der Waals surface area contributed by atoms with Gasteiger partial charge in [0.2, 0.25) is 0 Å². The van der Waals surface area contributed by atoms with E-state index in [1.54, 1.807) is 24.4 Å². The van der Waals surface area contributed by atoms with Crippen LogP contribution in [0.15, 0.2) is 66.9 Å². The Morgan fingerprint density at radius 1 is 1.13 bits per heavy atom. The van der Waals surface area contributed by atoms with Gasteiger partial charge in [-0.25, -0.2) is 14.4 Å². The Morgan fingerprint density at radius 2 is 1.94 bits per heavy atom. The first kappa shape index (κ1) is 19.4. The van der Waals surface area contributed by atoms with Gasteiger partial charge in [-0.2, -0.15) is 0 Å². The lowest BCUT2D eigenvalue weighted by Crippen LogP contribution is -2.37. The predicted octanol–water partition coefficient (Wildman–Crippen LogP) is 3.77. The van der Waals surface area contributed by atoms with Crippen LogP contribution in [0, 0.1) is 5.82 Å². The molecule has 7 heteroatoms. The highest BCUT2D eigenvalue weighted by Gasteiger charge is 2.25. The zero-order valence-corrected chi connectivity index (χ0v) is 16.9. The number of hydrogen-bond acceptors (Lipinski definition) is 4. The summed E-state index contributed by atoms with van der Waals surface area (Å²) in [4.78, 5) is 27.3. The maximum atomic E-state index is 13.2. The molecule has 0 spiro atoms. The van der Waals surface area contributed by atoms with Crippen molar-refractivity contribution in [3.05, 3.63) is 83.8 Å². The molecular formula is C24H22FN5O. The van der Waals surface area contributed by atoms with Gasteiger partial charge in [-0.05, 0) is 42.3 Å². The van der Waals surface area contributed by atoms with Gasteiger partial charge in [-0.15, -0.1) is 0 Å². The van der Waals surface area contributed by atoms with Crippen LogP contribution in [0.5, 0.6) is 0 Å². The molecule has 0 radical (unpaired) electrons. The van der Waals surface area contributed by atoms with Crippen LogP contribution in [0.25, 0.3) is 22.6 Å². The summed E-state index contributed by atoms with van der Waals surface area (Å²) >= 11 is 0. The summed E-state index contributed by atoms with van der Waals surface area (Å²) in [6, 6.07) is 18.2. The molecule has 1 amide bonds. The number of likely N-dealkylation sites (tertiary alicyclic amines) is 1. The molecule has 6 nitrogen and oxygen atoms in total. The minimum atomic E-state index is -0.309. The number of carbonyl (C=O) groups excluding carboxylic acids is 1. The van der Waals surface area contributed by atoms with E-state index in [0.717, 1.165) is 31.6 Å². The van der Waals surface area contributed by atoms with Crippen LogP contribution < -0.4 is 5.32 Å². The Kier molecular flexibility index (Phi) is 5.18. The van der Waals surface area contributed by atoms with Gasteiger partial charge in [0.1, 0.15) is 17.2 Å². The van der Waals surface area contributed by atoms with E-state index in [1.807, 2.05) is 18.2 Å². The molecule has 156 valence electrons. The summed E-state index contributed by atoms with van der Waals surface area (Å²) in [7, 11) is 0. The number of nitrogens with one attached hydrogen (secondary N) is 2. The number of rotatable bonds is 5. The highest BCUT2D eigenvalue weighted by atomic mass is 19.1. The highest BCUT2D eigenvalue weighted by molar-refractivity contribution is 6.04. The fourth-order valence-corrected chi connectivity index (χ4v) is 4.04. The lowest BCUT2D eigenvalue weighted by atomic mass is 10.2. The molecule has 1 saturated heterocycles. The third kappa shape index (κ3) is 4.18. The molecule has 1 aliphatic heterocycles. The van der Waals surface area contributed by atoms with Gasteiger partial charge in [0.25, 0.3) is 5.91 Å². The Morgan fingerprint density at radius 3 is 2.74 bits per heavy atom. The van der Waals surface area contributed by atoms with Crippen LogP contribution in [-0.4, -0.2) is 44.9 Å². The Bertz CT molecular complexity index is 1210. The van der Waals surface area contributed by atoms with Gasteiger partial charge in [-0.1, -0.05) is 30.3 Å². The van der Waals surface area contributed by atoms with Crippen molar-refractivity contribution in [1.82, 2.24) is 25.2 Å². The van der Waals surface area contributed by atoms with E-state index in [-0.39, 0.29) is 17.8 Å². The average molecular weight is 415 g/mol. The molecule has 3 heterocycles. The second-order valence-corrected chi connectivity index (χ2v) is 7.83. The monoisotopic (exact) mass is 415 g/mol. The van der Waals surface area contributed by atoms with Crippen LogP contribution >= 0.6 is 0 Å². The minimum Gasteiger partial charge on any atom is -0.348 e. The summed E-state index contributed by atoms with van der Waals surface area (Å²) in [5.74, 6) is 0.0877. The maximum absolute atomic E-state index is 13.2. The summed E-state index contributed by atoms with van der Waals surface area (Å²) in [6.45, 7) is 2.64. The fourth-order valence-electron chi connectivity index (χ4n) is 4.04. The van der Waals surface area contributed by atoms with E-state index >= 15 is 0 Å². The zero-order valence-electron chi connectivity index (χ0n) is 16.9. The third-order valence-corrected chi connectivity index (χ3v) is 5.60. The molecule has 31 heavy (non-hydrogen) atoms. The topological polar surface area (TPSA) is 73.9 Å². The van der Waals surface area contributed by atoms with Crippen molar-refractivity contribution >= 4 is 17.1 Å². The number of halogens is 1. The second kappa shape index (κ2) is 8.28. The lowest BCUT2D eigenvalue weighted by molar-refractivity contribution is 0.0939. The zero-order chi connectivity index (χ0) is 21.2. The van der Waals surface area contributed by atoms with Crippen LogP contribution in [0.1, 0.15) is 22.3 Å². The van der Waals surface area contributed by atoms with Gasteiger partial charge in [0, 0.05) is 37.4 Å². The van der Waals surface area contributed by atoms with Gasteiger partial charge >= 0.3 is 0 Å². The van der Waals surface area contributed by atoms with E-state index in [0.29, 0.717) is 22.6 Å². The van der Waals surface area contributed by atoms with E-state index in [1.165, 1.54) is 17.7 Å². The number of amides is 1. The molecule has 0 bridgehead atoms. The van der Waals surface area contributed by atoms with Crippen molar-refractivity contribution in [1.29, 1.82) is 0 Å². The number of carbonyl (C=O) groups is 1. The van der Waals surface area contributed by atoms with Gasteiger partial charge < -0.3 is 10.3 Å². The Balaban J connectivity index is 1.30. The van der Waals surface area contributed by atoms with E-state index in [2.05, 4.69) is 37.3 Å². The van der Waals surface area contributed by atoms with Gasteiger partial charge in [0.05, 0.1) is 5.56 Å². The van der Waals surface area contributed by atoms with Crippen LogP contribution in [0.3, 0.4) is 0 Å². The fraction of sp³-hybridized carbons (Fsp3) is 0.208. The number of pyridine rings is 1. The normalized spacial score (nSPS) is 16.6. The molecule has 4 aromatic rings. The number of H-pyrrole nitrogens is 1. The van der Waals surface area contributed by atoms with Crippen LogP contribution in [-0.2, 0) is 6.54 Å². The average Bonchev–Trinajstić information content (AvgIpc) is 3.41. The summed E-state index contributed by atoms with van der Waals surface area (Å²) < 4.78 is 13.2. The number of imidazole rings is 1. The molecule has 1 unspecified atom stereocenters. The molecule has 2 aromatic carbocycles. The highest BCUT2D eigenvalue weighted by Crippen LogP contribution is 2.22. The molecule has 2 aromatic heterocycles. The largest absolute Gasteiger partial charge is 0.348 e. The second-order valence-electron chi connectivity index (χ2n) is 7.83. The third-order valence-electron chi connectivity index (χ3n) is 5.60. The number of hydrogen-bond donors (Lipinski definition) is 2. The minimum absolute atomic E-state index is 0.0925. The van der Waals surface area contributed by atoms with Gasteiger partial charge in [0.15, 0.2) is 5.65 Å². The standard InChI is InChI=1S/C24H22FN5O/c25-18-8-6-17(7-9-18)22-28-21-20(10-12-26-23(21)29-22)24(31)27-19-11-13-30(15-19)14-16-4-2-1-3-5-16/h1-10,12,19H,11,13-15H2,(H,27,31)(H,26,28,29). The first-order chi connectivity index (χ1) is 15.2.